The van der Waals surface area contributed by atoms with Crippen molar-refractivity contribution in [2.45, 2.75) is 73.9 Å². The van der Waals surface area contributed by atoms with Gasteiger partial charge in [0, 0.05) is 64.2 Å². The molecule has 0 radical (unpaired) electrons. The number of aryl methyl sites for hydroxylation is 5. The number of carbonyl (C=O) groups excluding carboxylic acids is 4. The number of amides is 3. The lowest BCUT2D eigenvalue weighted by Gasteiger charge is -2.34. The Kier molecular flexibility index (Phi) is 19.9. The van der Waals surface area contributed by atoms with E-state index in [1.54, 1.807) is 17.8 Å². The van der Waals surface area contributed by atoms with Crippen LogP contribution in [0.4, 0.5) is 0 Å². The lowest BCUT2D eigenvalue weighted by molar-refractivity contribution is -0.134. The molecule has 5 aromatic heterocycles. The zero-order chi connectivity index (χ0) is 49.7. The number of piperazine rings is 2. The highest BCUT2D eigenvalue weighted by molar-refractivity contribution is 7.80. The predicted molar refractivity (Wildman–Crippen MR) is 253 cm³/mol. The van der Waals surface area contributed by atoms with Crippen molar-refractivity contribution in [2.75, 3.05) is 52.4 Å². The summed E-state index contributed by atoms with van der Waals surface area (Å²) in [6.07, 6.45) is 4.36. The van der Waals surface area contributed by atoms with Crippen molar-refractivity contribution in [3.8, 4) is 0 Å². The monoisotopic (exact) mass is 1010 g/mol. The number of nitrogens with zero attached hydrogens (tertiary/aromatic N) is 9. The summed E-state index contributed by atoms with van der Waals surface area (Å²) >= 11 is 7.45. The molecule has 4 fully saturated rings. The molecule has 4 aliphatic rings. The zero-order valence-electron chi connectivity index (χ0n) is 38.0. The number of nitrogens with one attached hydrogen (secondary N) is 3. The smallest absolute Gasteiger partial charge is 0.365 e. The predicted octanol–water partition coefficient (Wildman–Crippen LogP) is 1.16. The largest absolute Gasteiger partial charge is 0.413 e. The Morgan fingerprint density at radius 3 is 1.76 bits per heavy atom. The van der Waals surface area contributed by atoms with Crippen molar-refractivity contribution in [3.63, 3.8) is 0 Å². The number of carbonyl (C=O) groups is 4. The Hall–Kier alpha value is -5.33. The van der Waals surface area contributed by atoms with Crippen molar-refractivity contribution in [3.05, 3.63) is 64.7 Å². The van der Waals surface area contributed by atoms with Crippen LogP contribution in [0.1, 0.15) is 69.8 Å². The number of rotatable bonds is 6. The standard InChI is InChI=1S/C16H21N5O2S.C8H14N2O.C7H7N3OS.C7H9N3OS.CH2O.H3NO4S/c1-10-11(2)17-18-14-13(10)16(23)21(24-14)9-19-5-7-20(8-6-19)15(22)12-3-4-12;11-8(7-1-2-7)10-5-3-9-4-6-10;1-3-4(2)8-9-7-5(3)6(11)10-12-7;1-3-4(2)9-10-7(12)5(3)6(8)11;1-2;1-5-6(2,3)4/h12H,3-9H2,1-2H3;7,9H,1-6H2;1-2H3,(H,10,11);1-2H3,(H2,8,11)(H,10,12);1H2;1H2,(H,2,3,4). The van der Waals surface area contributed by atoms with E-state index in [0.717, 1.165) is 112 Å². The normalized spacial score (nSPS) is 15.8. The SMILES string of the molecule is C=O.Cc1n[nH]c(=S)c(C(N)=O)c1C.Cc1nnc2s[nH]c(=O)c2c1C.Cc1nnc2sn(CN3CCN(C(=O)C4CC4)CC3)c(=O)c2c1C.NOS(=O)(=O)O.O=C(C1CC1)N1CCNCC1. The first-order valence-corrected chi connectivity index (χ1v) is 24.2. The summed E-state index contributed by atoms with van der Waals surface area (Å²) in [7, 11) is -4.38. The second-order valence-electron chi connectivity index (χ2n) is 15.7. The van der Waals surface area contributed by atoms with Gasteiger partial charge >= 0.3 is 10.4 Å². The maximum absolute atomic E-state index is 12.7. The third-order valence-corrected chi connectivity index (χ3v) is 13.3. The molecule has 5 aromatic rings. The third-order valence-electron chi connectivity index (χ3n) is 11.1. The summed E-state index contributed by atoms with van der Waals surface area (Å²) in [4.78, 5) is 73.9. The summed E-state index contributed by atoms with van der Waals surface area (Å²) in [5.74, 6) is 4.84. The molecule has 0 unspecified atom stereocenters. The van der Waals surface area contributed by atoms with Gasteiger partial charge in [-0.25, -0.2) is 3.96 Å². The number of aromatic amines is 2. The van der Waals surface area contributed by atoms with E-state index in [4.69, 9.17) is 27.3 Å². The molecule has 2 saturated carbocycles. The molecule has 3 amide bonds. The maximum atomic E-state index is 12.7. The van der Waals surface area contributed by atoms with E-state index in [9.17, 15) is 32.4 Å². The van der Waals surface area contributed by atoms with Gasteiger partial charge in [0.25, 0.3) is 17.0 Å². The molecule has 0 atom stereocenters. The number of H-pyrrole nitrogens is 2. The highest BCUT2D eigenvalue weighted by Crippen LogP contribution is 2.32. The molecule has 67 heavy (non-hydrogen) atoms. The lowest BCUT2D eigenvalue weighted by atomic mass is 10.1. The maximum Gasteiger partial charge on any atom is 0.413 e. The third kappa shape index (κ3) is 15.1. The van der Waals surface area contributed by atoms with Crippen molar-refractivity contribution in [1.29, 1.82) is 0 Å². The highest BCUT2D eigenvalue weighted by atomic mass is 32.3. The molecule has 7 heterocycles. The van der Waals surface area contributed by atoms with Crippen LogP contribution in [0, 0.1) is 58.0 Å². The number of aromatic nitrogens is 8. The van der Waals surface area contributed by atoms with Crippen molar-refractivity contribution in [1.82, 2.24) is 58.9 Å². The second-order valence-corrected chi connectivity index (χ2v) is 19.0. The molecule has 2 aliphatic carbocycles. The quantitative estimate of drug-likeness (QED) is 0.0789. The number of primary amides is 1. The van der Waals surface area contributed by atoms with Crippen LogP contribution < -0.4 is 28.1 Å². The summed E-state index contributed by atoms with van der Waals surface area (Å²) in [5, 5.41) is 27.1. The van der Waals surface area contributed by atoms with Gasteiger partial charge in [0.15, 0.2) is 9.66 Å². The Bertz CT molecular complexity index is 2820. The molecule has 24 nitrogen and oxygen atoms in total. The summed E-state index contributed by atoms with van der Waals surface area (Å²) in [6.45, 7) is 20.5. The van der Waals surface area contributed by atoms with E-state index in [-0.39, 0.29) is 17.0 Å². The Morgan fingerprint density at radius 1 is 0.791 bits per heavy atom. The van der Waals surface area contributed by atoms with Crippen molar-refractivity contribution in [2.24, 2.45) is 23.5 Å². The van der Waals surface area contributed by atoms with Crippen LogP contribution in [0.15, 0.2) is 9.59 Å². The molecule has 8 N–H and O–H groups in total. The molecule has 0 aromatic carbocycles. The van der Waals surface area contributed by atoms with Crippen LogP contribution in [-0.2, 0) is 35.7 Å². The van der Waals surface area contributed by atoms with Gasteiger partial charge in [-0.05, 0) is 107 Å². The molecular weight excluding hydrogens is 953 g/mol. The van der Waals surface area contributed by atoms with Crippen LogP contribution in [0.2, 0.25) is 0 Å². The van der Waals surface area contributed by atoms with Gasteiger partial charge in [-0.15, -0.1) is 10.2 Å². The van der Waals surface area contributed by atoms with Gasteiger partial charge in [0.05, 0.1) is 40.1 Å². The molecule has 0 bridgehead atoms. The van der Waals surface area contributed by atoms with E-state index in [1.807, 2.05) is 44.3 Å². The molecule has 2 saturated heterocycles. The van der Waals surface area contributed by atoms with E-state index >= 15 is 0 Å². The molecule has 2 aliphatic heterocycles. The van der Waals surface area contributed by atoms with Crippen molar-refractivity contribution < 1.29 is 36.4 Å². The van der Waals surface area contributed by atoms with Crippen LogP contribution in [0.3, 0.4) is 0 Å². The first-order chi connectivity index (χ1) is 31.7. The van der Waals surface area contributed by atoms with E-state index in [1.165, 1.54) is 23.1 Å². The molecular formula is C39H56N14O10S4. The van der Waals surface area contributed by atoms with E-state index in [0.29, 0.717) is 55.0 Å². The minimum atomic E-state index is -4.38. The van der Waals surface area contributed by atoms with Gasteiger partial charge in [-0.1, -0.05) is 12.2 Å². The van der Waals surface area contributed by atoms with Gasteiger partial charge in [0.2, 0.25) is 11.8 Å². The molecule has 366 valence electrons. The van der Waals surface area contributed by atoms with Gasteiger partial charge < -0.3 is 25.6 Å². The summed E-state index contributed by atoms with van der Waals surface area (Å²) in [6, 6.07) is 0. The topological polar surface area (TPSA) is 341 Å². The van der Waals surface area contributed by atoms with Crippen LogP contribution in [0.5, 0.6) is 0 Å². The van der Waals surface area contributed by atoms with Gasteiger partial charge in [-0.2, -0.15) is 33.9 Å². The zero-order valence-corrected chi connectivity index (χ0v) is 41.3. The van der Waals surface area contributed by atoms with E-state index in [2.05, 4.69) is 55.4 Å². The van der Waals surface area contributed by atoms with Gasteiger partial charge in [0.1, 0.15) is 11.4 Å². The summed E-state index contributed by atoms with van der Waals surface area (Å²) < 4.78 is 33.5. The minimum Gasteiger partial charge on any atom is -0.365 e. The first kappa shape index (κ1) is 54.3. The number of fused-ring (bicyclic) bond motifs is 2. The Labute approximate surface area is 398 Å². The molecule has 9 rings (SSSR count). The lowest BCUT2D eigenvalue weighted by Crippen LogP contribution is -2.49. The summed E-state index contributed by atoms with van der Waals surface area (Å²) in [5.41, 5.74) is 10.4. The Morgan fingerprint density at radius 2 is 1.28 bits per heavy atom. The number of hydrogen-bond acceptors (Lipinski definition) is 20. The highest BCUT2D eigenvalue weighted by Gasteiger charge is 2.35. The second kappa shape index (κ2) is 24.6. The fourth-order valence-corrected chi connectivity index (χ4v) is 8.65. The minimum absolute atomic E-state index is 0.0157. The van der Waals surface area contributed by atoms with Crippen LogP contribution in [-0.4, -0.2) is 143 Å². The molecule has 28 heteroatoms. The number of nitrogens with two attached hydrogens (primary N) is 2. The fraction of sp³-hybridized carbons (Fsp3) is 0.538. The molecule has 0 spiro atoms. The Balaban J connectivity index is 0.000000195. The average molecular weight is 1010 g/mol. The average Bonchev–Trinajstić information content (AvgIpc) is 4.26. The van der Waals surface area contributed by atoms with Crippen molar-refractivity contribution >= 4 is 90.6 Å². The van der Waals surface area contributed by atoms with Gasteiger partial charge in [-0.3, -0.25) is 42.9 Å². The fourth-order valence-electron chi connectivity index (χ4n) is 6.61. The first-order valence-electron chi connectivity index (χ1n) is 20.9. The van der Waals surface area contributed by atoms with Crippen LogP contribution >= 0.6 is 35.3 Å². The van der Waals surface area contributed by atoms with Crippen LogP contribution in [0.25, 0.3) is 20.4 Å². The van der Waals surface area contributed by atoms with E-state index < -0.39 is 16.3 Å². The number of hydrogen-bond donors (Lipinski definition) is 6.